The van der Waals surface area contributed by atoms with Crippen LogP contribution < -0.4 is 0 Å². The van der Waals surface area contributed by atoms with Crippen LogP contribution in [0.5, 0.6) is 0 Å². The lowest BCUT2D eigenvalue weighted by Gasteiger charge is -1.82. The lowest BCUT2D eigenvalue weighted by atomic mass is 10.2. The molecule has 0 rings (SSSR count). The highest BCUT2D eigenvalue weighted by Crippen LogP contribution is 1.87. The van der Waals surface area contributed by atoms with Crippen LogP contribution in [0.2, 0.25) is 0 Å². The van der Waals surface area contributed by atoms with Gasteiger partial charge in [-0.3, -0.25) is 4.79 Å². The Kier molecular flexibility index (Phi) is 3.29. The Balaban J connectivity index is 2.97. The molecule has 1 nitrogen and oxygen atoms in total. The number of rotatable bonds is 3. The monoisotopic (exact) mass is 97.1 g/mol. The van der Waals surface area contributed by atoms with Gasteiger partial charge in [-0.25, -0.2) is 0 Å². The van der Waals surface area contributed by atoms with Gasteiger partial charge in [-0.1, -0.05) is 6.08 Å². The molecule has 1 radical (unpaired) electrons. The van der Waals surface area contributed by atoms with Crippen molar-refractivity contribution in [1.82, 2.24) is 0 Å². The third kappa shape index (κ3) is 5.41. The Hall–Kier alpha value is -0.590. The normalized spacial score (nSPS) is 8.14. The van der Waals surface area contributed by atoms with E-state index in [9.17, 15) is 4.79 Å². The van der Waals surface area contributed by atoms with Crippen LogP contribution in [0.15, 0.2) is 12.7 Å². The summed E-state index contributed by atoms with van der Waals surface area (Å²) in [4.78, 5) is 10.0. The second-order valence-electron chi connectivity index (χ2n) is 1.37. The van der Waals surface area contributed by atoms with Crippen molar-refractivity contribution in [2.24, 2.45) is 0 Å². The van der Waals surface area contributed by atoms with Crippen LogP contribution >= 0.6 is 0 Å². The van der Waals surface area contributed by atoms with Gasteiger partial charge in [0.1, 0.15) is 5.78 Å². The first-order valence-electron chi connectivity index (χ1n) is 2.23. The fourth-order valence-corrected chi connectivity index (χ4v) is 0.263. The maximum absolute atomic E-state index is 10.0. The van der Waals surface area contributed by atoms with Crippen molar-refractivity contribution in [1.29, 1.82) is 0 Å². The van der Waals surface area contributed by atoms with Crippen molar-refractivity contribution in [3.8, 4) is 0 Å². The lowest BCUT2D eigenvalue weighted by molar-refractivity contribution is -0.114. The molecule has 0 atom stereocenters. The number of carbonyl (C=O) groups is 1. The fourth-order valence-electron chi connectivity index (χ4n) is 0.263. The van der Waals surface area contributed by atoms with Gasteiger partial charge in [-0.05, 0) is 6.42 Å². The predicted molar refractivity (Wildman–Crippen MR) is 29.8 cm³/mol. The summed E-state index contributed by atoms with van der Waals surface area (Å²) in [6, 6.07) is 0. The van der Waals surface area contributed by atoms with Gasteiger partial charge in [-0.2, -0.15) is 0 Å². The molecule has 0 saturated heterocycles. The van der Waals surface area contributed by atoms with Gasteiger partial charge < -0.3 is 0 Å². The first kappa shape index (κ1) is 6.41. The molecule has 0 aliphatic carbocycles. The summed E-state index contributed by atoms with van der Waals surface area (Å²) < 4.78 is 0. The Labute approximate surface area is 44.0 Å². The van der Waals surface area contributed by atoms with Crippen LogP contribution in [0.1, 0.15) is 12.8 Å². The third-order valence-corrected chi connectivity index (χ3v) is 0.627. The van der Waals surface area contributed by atoms with Gasteiger partial charge in [-0.15, -0.1) is 6.58 Å². The standard InChI is InChI=1S/C6H9O/c1-3-4-5-6(2)7/h3H,1-2,4-5H2. The first-order chi connectivity index (χ1) is 3.27. The van der Waals surface area contributed by atoms with E-state index >= 15 is 0 Å². The quantitative estimate of drug-likeness (QED) is 0.486. The first-order valence-corrected chi connectivity index (χ1v) is 2.23. The minimum absolute atomic E-state index is 0.0140. The second kappa shape index (κ2) is 3.59. The number of allylic oxidation sites excluding steroid dienone is 1. The summed E-state index contributed by atoms with van der Waals surface area (Å²) >= 11 is 0. The van der Waals surface area contributed by atoms with Crippen LogP contribution in [0.4, 0.5) is 0 Å². The number of ketones is 1. The van der Waals surface area contributed by atoms with E-state index in [2.05, 4.69) is 13.5 Å². The van der Waals surface area contributed by atoms with E-state index in [-0.39, 0.29) is 5.78 Å². The lowest BCUT2D eigenvalue weighted by Crippen LogP contribution is -1.86. The second-order valence-corrected chi connectivity index (χ2v) is 1.37. The zero-order chi connectivity index (χ0) is 5.70. The maximum Gasteiger partial charge on any atom is 0.133 e. The minimum atomic E-state index is -0.0140. The molecular formula is C6H9O. The SMILES string of the molecule is [CH2]C(=O)CCC=C. The smallest absolute Gasteiger partial charge is 0.133 e. The summed E-state index contributed by atoms with van der Waals surface area (Å²) in [5, 5.41) is 0. The zero-order valence-corrected chi connectivity index (χ0v) is 4.31. The minimum Gasteiger partial charge on any atom is -0.300 e. The molecule has 7 heavy (non-hydrogen) atoms. The van der Waals surface area contributed by atoms with Gasteiger partial charge in [0.2, 0.25) is 0 Å². The predicted octanol–water partition coefficient (Wildman–Crippen LogP) is 1.36. The van der Waals surface area contributed by atoms with E-state index in [1.54, 1.807) is 6.08 Å². The molecule has 0 saturated carbocycles. The average Bonchev–Trinajstić information content (AvgIpc) is 1.61. The molecule has 0 N–H and O–H groups in total. The van der Waals surface area contributed by atoms with Crippen molar-refractivity contribution < 1.29 is 4.79 Å². The molecule has 0 aromatic rings. The number of Topliss-reactive ketones (excluding diaryl/α,β-unsaturated/α-hetero) is 1. The van der Waals surface area contributed by atoms with Crippen molar-refractivity contribution in [2.45, 2.75) is 12.8 Å². The van der Waals surface area contributed by atoms with E-state index in [4.69, 9.17) is 0 Å². The molecule has 0 aliphatic heterocycles. The highest BCUT2D eigenvalue weighted by atomic mass is 16.1. The Morgan fingerprint density at radius 1 is 1.71 bits per heavy atom. The summed E-state index contributed by atoms with van der Waals surface area (Å²) in [7, 11) is 0. The number of hydrogen-bond acceptors (Lipinski definition) is 1. The van der Waals surface area contributed by atoms with Crippen LogP contribution in [0.25, 0.3) is 0 Å². The molecule has 0 unspecified atom stereocenters. The molecule has 0 fully saturated rings. The van der Waals surface area contributed by atoms with Crippen molar-refractivity contribution in [3.63, 3.8) is 0 Å². The van der Waals surface area contributed by atoms with E-state index in [0.29, 0.717) is 6.42 Å². The van der Waals surface area contributed by atoms with Crippen molar-refractivity contribution in [3.05, 3.63) is 19.6 Å². The van der Waals surface area contributed by atoms with Gasteiger partial charge in [0, 0.05) is 13.3 Å². The van der Waals surface area contributed by atoms with Gasteiger partial charge in [0.05, 0.1) is 0 Å². The summed E-state index contributed by atoms with van der Waals surface area (Å²) in [5.74, 6) is -0.0140. The van der Waals surface area contributed by atoms with E-state index in [1.165, 1.54) is 0 Å². The molecule has 39 valence electrons. The molecule has 1 heteroatoms. The van der Waals surface area contributed by atoms with E-state index < -0.39 is 0 Å². The van der Waals surface area contributed by atoms with Crippen molar-refractivity contribution >= 4 is 5.78 Å². The maximum atomic E-state index is 10.0. The molecule has 0 bridgehead atoms. The van der Waals surface area contributed by atoms with Crippen LogP contribution in [0.3, 0.4) is 0 Å². The molecule has 0 spiro atoms. The number of carbonyl (C=O) groups excluding carboxylic acids is 1. The molecular weight excluding hydrogens is 88.1 g/mol. The average molecular weight is 97.1 g/mol. The zero-order valence-electron chi connectivity index (χ0n) is 4.31. The highest BCUT2D eigenvalue weighted by molar-refractivity contribution is 5.82. The molecule has 0 aromatic heterocycles. The Bertz CT molecular complexity index is 74.2. The topological polar surface area (TPSA) is 17.1 Å². The molecule has 0 amide bonds. The summed E-state index contributed by atoms with van der Waals surface area (Å²) in [6.45, 7) is 6.64. The summed E-state index contributed by atoms with van der Waals surface area (Å²) in [6.07, 6.45) is 2.99. The van der Waals surface area contributed by atoms with Gasteiger partial charge in [0.25, 0.3) is 0 Å². The Morgan fingerprint density at radius 3 is 2.43 bits per heavy atom. The van der Waals surface area contributed by atoms with Crippen LogP contribution in [-0.2, 0) is 4.79 Å². The number of hydrogen-bond donors (Lipinski definition) is 0. The Morgan fingerprint density at radius 2 is 2.29 bits per heavy atom. The van der Waals surface area contributed by atoms with Crippen LogP contribution in [-0.4, -0.2) is 5.78 Å². The van der Waals surface area contributed by atoms with E-state index in [1.807, 2.05) is 0 Å². The van der Waals surface area contributed by atoms with E-state index in [0.717, 1.165) is 6.42 Å². The van der Waals surface area contributed by atoms with Crippen molar-refractivity contribution in [2.75, 3.05) is 0 Å². The highest BCUT2D eigenvalue weighted by Gasteiger charge is 1.85. The molecule has 0 aromatic carbocycles. The molecule has 0 aliphatic rings. The largest absolute Gasteiger partial charge is 0.300 e. The third-order valence-electron chi connectivity index (χ3n) is 0.627. The van der Waals surface area contributed by atoms with Crippen LogP contribution in [0, 0.1) is 6.92 Å². The molecule has 0 heterocycles. The fraction of sp³-hybridized carbons (Fsp3) is 0.333. The summed E-state index contributed by atoms with van der Waals surface area (Å²) in [5.41, 5.74) is 0. The van der Waals surface area contributed by atoms with Gasteiger partial charge >= 0.3 is 0 Å². The van der Waals surface area contributed by atoms with Gasteiger partial charge in [0.15, 0.2) is 0 Å².